The highest BCUT2D eigenvalue weighted by Crippen LogP contribution is 2.39. The number of carbonyl (C=O) groups is 2. The van der Waals surface area contributed by atoms with Crippen LogP contribution in [-0.2, 0) is 9.47 Å². The lowest BCUT2D eigenvalue weighted by atomic mass is 10.2. The Hall–Kier alpha value is -3.16. The van der Waals surface area contributed by atoms with Gasteiger partial charge < -0.3 is 24.4 Å². The van der Waals surface area contributed by atoms with Crippen LogP contribution in [0.2, 0.25) is 0 Å². The van der Waals surface area contributed by atoms with E-state index in [4.69, 9.17) is 14.2 Å². The molecule has 0 unspecified atom stereocenters. The third kappa shape index (κ3) is 3.37. The SMILES string of the molecule is CCOC(=O)c1c(O)c(O)c(C(=O)OCC)n1-c1cccc(OC)c1. The van der Waals surface area contributed by atoms with Gasteiger partial charge in [-0.2, -0.15) is 0 Å². The standard InChI is InChI=1S/C17H19NO7/c1-4-24-16(21)12-14(19)15(20)13(17(22)25-5-2)18(12)10-7-6-8-11(9-10)23-3/h6-9,19-20H,4-5H2,1-3H3. The lowest BCUT2D eigenvalue weighted by Crippen LogP contribution is -2.16. The van der Waals surface area contributed by atoms with Crippen LogP contribution in [0.1, 0.15) is 34.8 Å². The lowest BCUT2D eigenvalue weighted by molar-refractivity contribution is 0.0507. The topological polar surface area (TPSA) is 107 Å². The molecule has 0 spiro atoms. The van der Waals surface area contributed by atoms with Crippen LogP contribution in [0.5, 0.6) is 17.2 Å². The average Bonchev–Trinajstić information content (AvgIpc) is 2.87. The monoisotopic (exact) mass is 349 g/mol. The summed E-state index contributed by atoms with van der Waals surface area (Å²) < 4.78 is 16.1. The lowest BCUT2D eigenvalue weighted by Gasteiger charge is -2.13. The third-order valence-electron chi connectivity index (χ3n) is 3.37. The van der Waals surface area contributed by atoms with Crippen molar-refractivity contribution in [1.29, 1.82) is 0 Å². The molecular formula is C17H19NO7. The number of ether oxygens (including phenoxy) is 3. The highest BCUT2D eigenvalue weighted by Gasteiger charge is 2.33. The van der Waals surface area contributed by atoms with Gasteiger partial charge in [0, 0.05) is 6.07 Å². The fraction of sp³-hybridized carbons (Fsp3) is 0.294. The molecule has 1 heterocycles. The van der Waals surface area contributed by atoms with Crippen LogP contribution < -0.4 is 4.74 Å². The summed E-state index contributed by atoms with van der Waals surface area (Å²) in [6.07, 6.45) is 0. The van der Waals surface area contributed by atoms with E-state index in [9.17, 15) is 19.8 Å². The second-order valence-electron chi connectivity index (χ2n) is 4.87. The summed E-state index contributed by atoms with van der Waals surface area (Å²) in [6.45, 7) is 3.30. The normalized spacial score (nSPS) is 10.4. The molecule has 8 heteroatoms. The first-order valence-electron chi connectivity index (χ1n) is 7.61. The van der Waals surface area contributed by atoms with Crippen molar-refractivity contribution in [3.8, 4) is 22.9 Å². The number of hydrogen-bond donors (Lipinski definition) is 2. The molecular weight excluding hydrogens is 330 g/mol. The summed E-state index contributed by atoms with van der Waals surface area (Å²) in [6, 6.07) is 6.41. The fourth-order valence-electron chi connectivity index (χ4n) is 2.33. The van der Waals surface area contributed by atoms with Crippen molar-refractivity contribution in [2.75, 3.05) is 20.3 Å². The second kappa shape index (κ2) is 7.61. The van der Waals surface area contributed by atoms with Gasteiger partial charge in [0.1, 0.15) is 5.75 Å². The Morgan fingerprint density at radius 3 is 1.96 bits per heavy atom. The predicted octanol–water partition coefficient (Wildman–Crippen LogP) is 2.25. The van der Waals surface area contributed by atoms with Gasteiger partial charge in [0.15, 0.2) is 22.9 Å². The van der Waals surface area contributed by atoms with Crippen LogP contribution in [0, 0.1) is 0 Å². The molecule has 0 saturated heterocycles. The summed E-state index contributed by atoms with van der Waals surface area (Å²) in [4.78, 5) is 24.5. The predicted molar refractivity (Wildman–Crippen MR) is 87.6 cm³/mol. The Balaban J connectivity index is 2.78. The second-order valence-corrected chi connectivity index (χ2v) is 4.87. The van der Waals surface area contributed by atoms with E-state index >= 15 is 0 Å². The van der Waals surface area contributed by atoms with E-state index in [0.717, 1.165) is 4.57 Å². The number of esters is 2. The Kier molecular flexibility index (Phi) is 5.53. The first kappa shape index (κ1) is 18.2. The molecule has 1 aromatic carbocycles. The van der Waals surface area contributed by atoms with Crippen LogP contribution >= 0.6 is 0 Å². The maximum atomic E-state index is 12.3. The van der Waals surface area contributed by atoms with Crippen LogP contribution in [0.3, 0.4) is 0 Å². The zero-order chi connectivity index (χ0) is 18.6. The molecule has 0 aliphatic heterocycles. The molecule has 8 nitrogen and oxygen atoms in total. The van der Waals surface area contributed by atoms with Gasteiger partial charge in [0.05, 0.1) is 26.0 Å². The zero-order valence-electron chi connectivity index (χ0n) is 14.1. The minimum Gasteiger partial charge on any atom is -0.503 e. The van der Waals surface area contributed by atoms with Gasteiger partial charge in [-0.05, 0) is 26.0 Å². The van der Waals surface area contributed by atoms with E-state index in [1.165, 1.54) is 13.2 Å². The largest absolute Gasteiger partial charge is 0.503 e. The van der Waals surface area contributed by atoms with Crippen molar-refractivity contribution >= 4 is 11.9 Å². The van der Waals surface area contributed by atoms with E-state index in [2.05, 4.69) is 0 Å². The van der Waals surface area contributed by atoms with Crippen molar-refractivity contribution in [3.05, 3.63) is 35.7 Å². The molecule has 0 aliphatic carbocycles. The molecule has 0 bridgehead atoms. The Bertz CT molecular complexity index is 753. The van der Waals surface area contributed by atoms with E-state index in [1.807, 2.05) is 0 Å². The number of methoxy groups -OCH3 is 1. The third-order valence-corrected chi connectivity index (χ3v) is 3.37. The van der Waals surface area contributed by atoms with Crippen molar-refractivity contribution < 1.29 is 34.0 Å². The Morgan fingerprint density at radius 2 is 1.52 bits per heavy atom. The molecule has 134 valence electrons. The van der Waals surface area contributed by atoms with E-state index in [1.54, 1.807) is 32.0 Å². The van der Waals surface area contributed by atoms with Gasteiger partial charge in [0.2, 0.25) is 0 Å². The minimum absolute atomic E-state index is 0.0526. The molecule has 2 N–H and O–H groups in total. The van der Waals surface area contributed by atoms with Crippen LogP contribution in [-0.4, -0.2) is 47.0 Å². The summed E-state index contributed by atoms with van der Waals surface area (Å²) in [7, 11) is 1.46. The number of benzene rings is 1. The fourth-order valence-corrected chi connectivity index (χ4v) is 2.33. The first-order valence-corrected chi connectivity index (χ1v) is 7.61. The molecule has 0 saturated carbocycles. The van der Waals surface area contributed by atoms with Gasteiger partial charge in [-0.3, -0.25) is 4.57 Å². The molecule has 2 aromatic rings. The van der Waals surface area contributed by atoms with E-state index < -0.39 is 23.4 Å². The number of aromatic nitrogens is 1. The van der Waals surface area contributed by atoms with E-state index in [0.29, 0.717) is 11.4 Å². The average molecular weight is 349 g/mol. The van der Waals surface area contributed by atoms with Gasteiger partial charge in [0.25, 0.3) is 0 Å². The van der Waals surface area contributed by atoms with Gasteiger partial charge >= 0.3 is 11.9 Å². The maximum absolute atomic E-state index is 12.3. The highest BCUT2D eigenvalue weighted by molar-refractivity contribution is 6.00. The number of rotatable bonds is 6. The number of aromatic hydroxyl groups is 2. The summed E-state index contributed by atoms with van der Waals surface area (Å²) in [5.41, 5.74) is -0.452. The van der Waals surface area contributed by atoms with Crippen LogP contribution in [0.25, 0.3) is 5.69 Å². The highest BCUT2D eigenvalue weighted by atomic mass is 16.5. The van der Waals surface area contributed by atoms with Crippen molar-refractivity contribution in [2.45, 2.75) is 13.8 Å². The molecule has 0 fully saturated rings. The van der Waals surface area contributed by atoms with Crippen LogP contribution in [0.4, 0.5) is 0 Å². The van der Waals surface area contributed by atoms with Gasteiger partial charge in [-0.1, -0.05) is 6.07 Å². The molecule has 25 heavy (non-hydrogen) atoms. The molecule has 0 amide bonds. The van der Waals surface area contributed by atoms with E-state index in [-0.39, 0.29) is 24.6 Å². The quantitative estimate of drug-likeness (QED) is 0.770. The minimum atomic E-state index is -0.895. The number of nitrogens with zero attached hydrogens (tertiary/aromatic N) is 1. The smallest absolute Gasteiger partial charge is 0.359 e. The van der Waals surface area contributed by atoms with Crippen LogP contribution in [0.15, 0.2) is 24.3 Å². The summed E-state index contributed by atoms with van der Waals surface area (Å²) >= 11 is 0. The molecule has 0 atom stereocenters. The molecule has 0 radical (unpaired) electrons. The maximum Gasteiger partial charge on any atom is 0.359 e. The molecule has 2 rings (SSSR count). The van der Waals surface area contributed by atoms with Crippen molar-refractivity contribution in [3.63, 3.8) is 0 Å². The first-order chi connectivity index (χ1) is 12.0. The van der Waals surface area contributed by atoms with Gasteiger partial charge in [-0.15, -0.1) is 0 Å². The van der Waals surface area contributed by atoms with Gasteiger partial charge in [-0.25, -0.2) is 9.59 Å². The number of hydrogen-bond acceptors (Lipinski definition) is 7. The number of carbonyl (C=O) groups excluding carboxylic acids is 2. The molecule has 0 aliphatic rings. The Labute approximate surface area is 144 Å². The Morgan fingerprint density at radius 1 is 1.00 bits per heavy atom. The van der Waals surface area contributed by atoms with Crippen molar-refractivity contribution in [1.82, 2.24) is 4.57 Å². The summed E-state index contributed by atoms with van der Waals surface area (Å²) in [5.74, 6) is -2.86. The molecule has 1 aromatic heterocycles. The van der Waals surface area contributed by atoms with Crippen molar-refractivity contribution in [2.24, 2.45) is 0 Å². The zero-order valence-corrected chi connectivity index (χ0v) is 14.1. The summed E-state index contributed by atoms with van der Waals surface area (Å²) in [5, 5.41) is 20.4.